The van der Waals surface area contributed by atoms with Crippen LogP contribution in [0.25, 0.3) is 0 Å². The minimum absolute atomic E-state index is 0.0944. The Morgan fingerprint density at radius 3 is 2.47 bits per heavy atom. The summed E-state index contributed by atoms with van der Waals surface area (Å²) in [5, 5.41) is 2.61. The molecule has 2 rings (SSSR count). The maximum Gasteiger partial charge on any atom is 0.411 e. The molecule has 2 amide bonds. The molecule has 0 radical (unpaired) electrons. The molecule has 5 heteroatoms. The third kappa shape index (κ3) is 2.37. The van der Waals surface area contributed by atoms with Crippen LogP contribution in [0.1, 0.15) is 33.6 Å². The highest BCUT2D eigenvalue weighted by molar-refractivity contribution is 5.86. The monoisotopic (exact) mass is 240 g/mol. The van der Waals surface area contributed by atoms with Gasteiger partial charge in [-0.1, -0.05) is 0 Å². The number of ether oxygens (including phenoxy) is 1. The SMILES string of the molecule is CNC(=O)[C@@H]1C[C@@H]2C[C@@H]2N1C(=O)OC(C)(C)C. The molecule has 1 heterocycles. The molecule has 0 aromatic heterocycles. The predicted molar refractivity (Wildman–Crippen MR) is 62.4 cm³/mol. The molecule has 2 fully saturated rings. The lowest BCUT2D eigenvalue weighted by atomic mass is 10.1. The van der Waals surface area contributed by atoms with E-state index in [1.807, 2.05) is 20.8 Å². The molecule has 0 bridgehead atoms. The smallest absolute Gasteiger partial charge is 0.411 e. The first-order valence-electron chi connectivity index (χ1n) is 6.06. The second-order valence-electron chi connectivity index (χ2n) is 5.82. The highest BCUT2D eigenvalue weighted by Gasteiger charge is 2.56. The van der Waals surface area contributed by atoms with Crippen LogP contribution in [-0.4, -0.2) is 41.6 Å². The maximum atomic E-state index is 12.1. The Balaban J connectivity index is 2.07. The summed E-state index contributed by atoms with van der Waals surface area (Å²) < 4.78 is 5.35. The van der Waals surface area contributed by atoms with E-state index in [0.717, 1.165) is 12.8 Å². The zero-order chi connectivity index (χ0) is 12.8. The molecule has 2 aliphatic rings. The van der Waals surface area contributed by atoms with E-state index >= 15 is 0 Å². The molecule has 1 saturated carbocycles. The second-order valence-corrected chi connectivity index (χ2v) is 5.82. The van der Waals surface area contributed by atoms with Crippen molar-refractivity contribution < 1.29 is 14.3 Å². The van der Waals surface area contributed by atoms with Crippen LogP contribution in [0.3, 0.4) is 0 Å². The number of hydrogen-bond donors (Lipinski definition) is 1. The summed E-state index contributed by atoms with van der Waals surface area (Å²) >= 11 is 0. The lowest BCUT2D eigenvalue weighted by molar-refractivity contribution is -0.125. The van der Waals surface area contributed by atoms with Gasteiger partial charge in [0.05, 0.1) is 0 Å². The highest BCUT2D eigenvalue weighted by Crippen LogP contribution is 2.48. The summed E-state index contributed by atoms with van der Waals surface area (Å²) in [4.78, 5) is 25.4. The molecule has 3 atom stereocenters. The van der Waals surface area contributed by atoms with Crippen LogP contribution in [0.5, 0.6) is 0 Å². The summed E-state index contributed by atoms with van der Waals surface area (Å²) in [6.07, 6.45) is 1.41. The minimum atomic E-state index is -0.517. The van der Waals surface area contributed by atoms with Crippen molar-refractivity contribution in [1.82, 2.24) is 10.2 Å². The fourth-order valence-electron chi connectivity index (χ4n) is 2.43. The van der Waals surface area contributed by atoms with E-state index in [4.69, 9.17) is 4.74 Å². The quantitative estimate of drug-likeness (QED) is 0.747. The van der Waals surface area contributed by atoms with E-state index in [0.29, 0.717) is 5.92 Å². The molecule has 96 valence electrons. The van der Waals surface area contributed by atoms with Crippen LogP contribution in [0.2, 0.25) is 0 Å². The number of likely N-dealkylation sites (N-methyl/N-ethyl adjacent to an activating group) is 1. The Labute approximate surface area is 101 Å². The summed E-state index contributed by atoms with van der Waals surface area (Å²) in [7, 11) is 1.60. The first kappa shape index (κ1) is 12.2. The highest BCUT2D eigenvalue weighted by atomic mass is 16.6. The molecule has 17 heavy (non-hydrogen) atoms. The zero-order valence-corrected chi connectivity index (χ0v) is 10.8. The van der Waals surface area contributed by atoms with Gasteiger partial charge in [0.2, 0.25) is 5.91 Å². The van der Waals surface area contributed by atoms with Crippen LogP contribution >= 0.6 is 0 Å². The van der Waals surface area contributed by atoms with E-state index in [1.54, 1.807) is 11.9 Å². The number of carbonyl (C=O) groups excluding carboxylic acids is 2. The Morgan fingerprint density at radius 1 is 1.29 bits per heavy atom. The molecule has 0 aromatic carbocycles. The summed E-state index contributed by atoms with van der Waals surface area (Å²) in [5.74, 6) is 0.396. The number of carbonyl (C=O) groups is 2. The van der Waals surface area contributed by atoms with Gasteiger partial charge in [-0.3, -0.25) is 9.69 Å². The Bertz CT molecular complexity index is 348. The van der Waals surface area contributed by atoms with Crippen molar-refractivity contribution in [3.63, 3.8) is 0 Å². The number of rotatable bonds is 1. The van der Waals surface area contributed by atoms with Crippen molar-refractivity contribution in [1.29, 1.82) is 0 Å². The van der Waals surface area contributed by atoms with Gasteiger partial charge in [-0.05, 0) is 39.5 Å². The van der Waals surface area contributed by atoms with Crippen molar-refractivity contribution in [3.05, 3.63) is 0 Å². The van der Waals surface area contributed by atoms with Crippen LogP contribution in [0.4, 0.5) is 4.79 Å². The van der Waals surface area contributed by atoms with Crippen LogP contribution in [0, 0.1) is 5.92 Å². The number of fused-ring (bicyclic) bond motifs is 1. The molecule has 0 unspecified atom stereocenters. The van der Waals surface area contributed by atoms with Crippen molar-refractivity contribution >= 4 is 12.0 Å². The predicted octanol–water partition coefficient (Wildman–Crippen LogP) is 1.13. The van der Waals surface area contributed by atoms with Gasteiger partial charge in [0, 0.05) is 13.1 Å². The van der Waals surface area contributed by atoms with Gasteiger partial charge in [0.15, 0.2) is 0 Å². The van der Waals surface area contributed by atoms with Gasteiger partial charge in [-0.15, -0.1) is 0 Å². The first-order valence-corrected chi connectivity index (χ1v) is 6.06. The Hall–Kier alpha value is -1.26. The largest absolute Gasteiger partial charge is 0.444 e. The number of amides is 2. The number of piperidine rings is 1. The summed E-state index contributed by atoms with van der Waals surface area (Å²) in [6, 6.07) is -0.134. The van der Waals surface area contributed by atoms with Crippen molar-refractivity contribution in [2.24, 2.45) is 5.92 Å². The molecule has 5 nitrogen and oxygen atoms in total. The van der Waals surface area contributed by atoms with Crippen LogP contribution in [-0.2, 0) is 9.53 Å². The van der Waals surface area contributed by atoms with Gasteiger partial charge < -0.3 is 10.1 Å². The molecule has 1 saturated heterocycles. The van der Waals surface area contributed by atoms with E-state index in [2.05, 4.69) is 5.32 Å². The van der Waals surface area contributed by atoms with Crippen molar-refractivity contribution in [3.8, 4) is 0 Å². The maximum absolute atomic E-state index is 12.1. The van der Waals surface area contributed by atoms with Gasteiger partial charge in [0.1, 0.15) is 11.6 Å². The first-order chi connectivity index (χ1) is 7.83. The zero-order valence-electron chi connectivity index (χ0n) is 10.8. The average molecular weight is 240 g/mol. The van der Waals surface area contributed by atoms with Gasteiger partial charge >= 0.3 is 6.09 Å². The molecular weight excluding hydrogens is 220 g/mol. The summed E-state index contributed by atoms with van der Waals surface area (Å²) in [6.45, 7) is 5.50. The van der Waals surface area contributed by atoms with E-state index in [9.17, 15) is 9.59 Å². The Morgan fingerprint density at radius 2 is 1.94 bits per heavy atom. The fourth-order valence-corrected chi connectivity index (χ4v) is 2.43. The number of likely N-dealkylation sites (tertiary alicyclic amines) is 1. The van der Waals surface area contributed by atoms with E-state index in [-0.39, 0.29) is 24.1 Å². The standard InChI is InChI=1S/C12H20N2O3/c1-12(2,3)17-11(16)14-8-5-7(8)6-9(14)10(15)13-4/h7-9H,5-6H2,1-4H3,(H,13,15)/t7-,8-,9-/m0/s1. The van der Waals surface area contributed by atoms with Gasteiger partial charge in [-0.2, -0.15) is 0 Å². The third-order valence-electron chi connectivity index (χ3n) is 3.26. The topological polar surface area (TPSA) is 58.6 Å². The van der Waals surface area contributed by atoms with Crippen molar-refractivity contribution in [2.45, 2.75) is 51.3 Å². The number of nitrogens with one attached hydrogen (secondary N) is 1. The normalized spacial score (nSPS) is 30.8. The van der Waals surface area contributed by atoms with Crippen LogP contribution in [0.15, 0.2) is 0 Å². The minimum Gasteiger partial charge on any atom is -0.444 e. The fraction of sp³-hybridized carbons (Fsp3) is 0.833. The molecular formula is C12H20N2O3. The molecule has 1 aliphatic heterocycles. The van der Waals surface area contributed by atoms with Gasteiger partial charge in [0.25, 0.3) is 0 Å². The number of hydrogen-bond acceptors (Lipinski definition) is 3. The van der Waals surface area contributed by atoms with E-state index < -0.39 is 5.60 Å². The van der Waals surface area contributed by atoms with Gasteiger partial charge in [-0.25, -0.2) is 4.79 Å². The summed E-state index contributed by atoms with van der Waals surface area (Å²) in [5.41, 5.74) is -0.517. The molecule has 1 aliphatic carbocycles. The lowest BCUT2D eigenvalue weighted by Crippen LogP contribution is -2.48. The Kier molecular flexibility index (Phi) is 2.79. The third-order valence-corrected chi connectivity index (χ3v) is 3.26. The molecule has 0 aromatic rings. The van der Waals surface area contributed by atoms with Crippen LogP contribution < -0.4 is 5.32 Å². The molecule has 0 spiro atoms. The van der Waals surface area contributed by atoms with Crippen molar-refractivity contribution in [2.75, 3.05) is 7.05 Å². The number of nitrogens with zero attached hydrogens (tertiary/aromatic N) is 1. The molecule has 1 N–H and O–H groups in total. The van der Waals surface area contributed by atoms with E-state index in [1.165, 1.54) is 0 Å². The lowest BCUT2D eigenvalue weighted by Gasteiger charge is -2.29. The average Bonchev–Trinajstić information content (AvgIpc) is 2.85. The second kappa shape index (κ2) is 3.89.